The molecule has 44 heavy (non-hydrogen) atoms. The number of hydrogen-bond acceptors (Lipinski definition) is 5. The van der Waals surface area contributed by atoms with E-state index in [0.29, 0.717) is 19.3 Å². The van der Waals surface area contributed by atoms with Crippen LogP contribution in [0, 0.1) is 11.3 Å². The molecule has 0 aromatic heterocycles. The Kier molecular flexibility index (Phi) is 24.1. The quantitative estimate of drug-likeness (QED) is 0.0426. The molecule has 0 radical (unpaired) electrons. The van der Waals surface area contributed by atoms with Gasteiger partial charge in [-0.15, -0.1) is 0 Å². The van der Waals surface area contributed by atoms with Crippen molar-refractivity contribution in [3.63, 3.8) is 0 Å². The Hall–Kier alpha value is -1.96. The second kappa shape index (κ2) is 25.3. The van der Waals surface area contributed by atoms with E-state index in [2.05, 4.69) is 13.8 Å². The molecule has 0 spiro atoms. The van der Waals surface area contributed by atoms with E-state index in [0.717, 1.165) is 50.9 Å². The number of carboxylic acids is 3. The minimum atomic E-state index is -3.22. The molecule has 0 bridgehead atoms. The van der Waals surface area contributed by atoms with Crippen LogP contribution in [-0.2, 0) is 19.2 Å². The molecule has 0 saturated heterocycles. The molecule has 0 saturated carbocycles. The maximum Gasteiger partial charge on any atom is 0.338 e. The molecule has 0 amide bonds. The van der Waals surface area contributed by atoms with Crippen molar-refractivity contribution in [1.82, 2.24) is 0 Å². The molecular formula is C36H66O8. The van der Waals surface area contributed by atoms with Crippen LogP contribution in [0.5, 0.6) is 0 Å². The number of Topliss-reactive ketones (excluding diaryl/α,β-unsaturated/α-hetero) is 1. The smallest absolute Gasteiger partial charge is 0.338 e. The summed E-state index contributed by atoms with van der Waals surface area (Å²) in [5.41, 5.74) is -5.92. The minimum absolute atomic E-state index is 0.205. The molecule has 0 rings (SSSR count). The summed E-state index contributed by atoms with van der Waals surface area (Å²) in [4.78, 5) is 49.4. The molecule has 0 aliphatic rings. The fraction of sp³-hybridized carbons (Fsp3) is 0.889. The van der Waals surface area contributed by atoms with Gasteiger partial charge in [-0.1, -0.05) is 162 Å². The molecule has 8 nitrogen and oxygen atoms in total. The van der Waals surface area contributed by atoms with E-state index < -0.39 is 47.5 Å². The predicted molar refractivity (Wildman–Crippen MR) is 176 cm³/mol. The van der Waals surface area contributed by atoms with Crippen molar-refractivity contribution in [2.24, 2.45) is 11.3 Å². The Morgan fingerprint density at radius 3 is 1.30 bits per heavy atom. The zero-order valence-corrected chi connectivity index (χ0v) is 28.4. The number of carboxylic acid groups (broad SMARTS) is 3. The summed E-state index contributed by atoms with van der Waals surface area (Å²) in [6, 6.07) is 0. The van der Waals surface area contributed by atoms with E-state index in [1.807, 2.05) is 6.92 Å². The van der Waals surface area contributed by atoms with E-state index in [-0.39, 0.29) is 12.8 Å². The van der Waals surface area contributed by atoms with Gasteiger partial charge in [-0.3, -0.25) is 14.4 Å². The number of aliphatic hydroxyl groups is 1. The van der Waals surface area contributed by atoms with Gasteiger partial charge < -0.3 is 20.4 Å². The van der Waals surface area contributed by atoms with Crippen LogP contribution in [0.4, 0.5) is 0 Å². The van der Waals surface area contributed by atoms with Crippen LogP contribution in [0.2, 0.25) is 0 Å². The van der Waals surface area contributed by atoms with Crippen LogP contribution >= 0.6 is 0 Å². The van der Waals surface area contributed by atoms with E-state index in [9.17, 15) is 39.6 Å². The summed E-state index contributed by atoms with van der Waals surface area (Å²) in [5.74, 6) is -5.50. The fourth-order valence-electron chi connectivity index (χ4n) is 6.30. The van der Waals surface area contributed by atoms with Crippen LogP contribution in [-0.4, -0.2) is 49.7 Å². The lowest BCUT2D eigenvalue weighted by atomic mass is 9.63. The lowest BCUT2D eigenvalue weighted by Gasteiger charge is -2.39. The van der Waals surface area contributed by atoms with Gasteiger partial charge in [0.15, 0.2) is 16.8 Å². The molecule has 0 aliphatic heterocycles. The third-order valence-corrected chi connectivity index (χ3v) is 9.15. The number of carbonyl (C=O) groups is 4. The highest BCUT2D eigenvalue weighted by atomic mass is 16.4. The standard InChI is InChI=1S/C36H66O8/c1-4-5-6-20-24-27-31(37)35(33(40)41,36(44,34(42)43)29-32(38)39)28-25-22-19-17-15-13-11-9-7-8-10-12-14-16-18-21-23-26-30(2)3/h30,44H,4-29H2,1-3H3,(H,38,39)(H,40,41)(H,42,43). The second-order valence-corrected chi connectivity index (χ2v) is 13.5. The first-order valence-electron chi connectivity index (χ1n) is 17.9. The first-order chi connectivity index (χ1) is 21.0. The Labute approximate surface area is 267 Å². The first-order valence-corrected chi connectivity index (χ1v) is 17.9. The molecule has 0 aromatic rings. The normalized spacial score (nSPS) is 14.3. The molecule has 2 atom stereocenters. The zero-order valence-electron chi connectivity index (χ0n) is 28.4. The molecule has 258 valence electrons. The topological polar surface area (TPSA) is 149 Å². The molecule has 0 aliphatic carbocycles. The highest BCUT2D eigenvalue weighted by Gasteiger charge is 2.65. The van der Waals surface area contributed by atoms with Crippen molar-refractivity contribution in [2.45, 2.75) is 193 Å². The van der Waals surface area contributed by atoms with Crippen LogP contribution in [0.15, 0.2) is 0 Å². The number of ketones is 1. The number of carbonyl (C=O) groups excluding carboxylic acids is 1. The van der Waals surface area contributed by atoms with Crippen molar-refractivity contribution >= 4 is 23.7 Å². The first kappa shape index (κ1) is 42.0. The van der Waals surface area contributed by atoms with Gasteiger partial charge >= 0.3 is 17.9 Å². The van der Waals surface area contributed by atoms with E-state index in [1.54, 1.807) is 0 Å². The summed E-state index contributed by atoms with van der Waals surface area (Å²) in [6.07, 6.45) is 22.6. The molecule has 0 fully saturated rings. The SMILES string of the molecule is CCCCCCCC(=O)C(CCCCCCCCCCCCCCCCCCCC(C)C)(C(=O)O)C(O)(CC(=O)O)C(=O)O. The van der Waals surface area contributed by atoms with Gasteiger partial charge in [-0.05, 0) is 18.8 Å². The van der Waals surface area contributed by atoms with Crippen molar-refractivity contribution in [2.75, 3.05) is 0 Å². The van der Waals surface area contributed by atoms with Crippen LogP contribution in [0.25, 0.3) is 0 Å². The van der Waals surface area contributed by atoms with Gasteiger partial charge in [0.25, 0.3) is 0 Å². The number of hydrogen-bond donors (Lipinski definition) is 4. The summed E-state index contributed by atoms with van der Waals surface area (Å²) >= 11 is 0. The van der Waals surface area contributed by atoms with Gasteiger partial charge in [0.2, 0.25) is 0 Å². The largest absolute Gasteiger partial charge is 0.481 e. The highest BCUT2D eigenvalue weighted by Crippen LogP contribution is 2.43. The third-order valence-electron chi connectivity index (χ3n) is 9.15. The highest BCUT2D eigenvalue weighted by molar-refractivity contribution is 6.09. The zero-order chi connectivity index (χ0) is 33.3. The summed E-state index contributed by atoms with van der Waals surface area (Å²) in [7, 11) is 0. The van der Waals surface area contributed by atoms with Crippen molar-refractivity contribution < 1.29 is 39.6 Å². The van der Waals surface area contributed by atoms with Crippen LogP contribution < -0.4 is 0 Å². The van der Waals surface area contributed by atoms with Crippen LogP contribution in [0.3, 0.4) is 0 Å². The maximum absolute atomic E-state index is 13.3. The molecule has 2 unspecified atom stereocenters. The maximum atomic E-state index is 13.3. The van der Waals surface area contributed by atoms with Crippen molar-refractivity contribution in [1.29, 1.82) is 0 Å². The molecule has 0 heterocycles. The van der Waals surface area contributed by atoms with E-state index >= 15 is 0 Å². The van der Waals surface area contributed by atoms with Gasteiger partial charge in [0, 0.05) is 6.42 Å². The van der Waals surface area contributed by atoms with Crippen LogP contribution in [0.1, 0.15) is 188 Å². The Morgan fingerprint density at radius 1 is 0.545 bits per heavy atom. The fourth-order valence-corrected chi connectivity index (χ4v) is 6.30. The molecular weight excluding hydrogens is 560 g/mol. The lowest BCUT2D eigenvalue weighted by molar-refractivity contribution is -0.196. The Balaban J connectivity index is 4.49. The second-order valence-electron chi connectivity index (χ2n) is 13.5. The lowest BCUT2D eigenvalue weighted by Crippen LogP contribution is -2.63. The molecule has 0 aromatic carbocycles. The Bertz CT molecular complexity index is 795. The number of aliphatic carboxylic acids is 3. The number of rotatable bonds is 32. The van der Waals surface area contributed by atoms with Crippen molar-refractivity contribution in [3.05, 3.63) is 0 Å². The van der Waals surface area contributed by atoms with E-state index in [1.165, 1.54) is 77.0 Å². The average molecular weight is 627 g/mol. The third kappa shape index (κ3) is 16.9. The minimum Gasteiger partial charge on any atom is -0.481 e. The summed E-state index contributed by atoms with van der Waals surface area (Å²) in [6.45, 7) is 6.63. The summed E-state index contributed by atoms with van der Waals surface area (Å²) in [5, 5.41) is 40.3. The predicted octanol–water partition coefficient (Wildman–Crippen LogP) is 9.35. The van der Waals surface area contributed by atoms with E-state index in [4.69, 9.17) is 0 Å². The molecule has 4 N–H and O–H groups in total. The number of unbranched alkanes of at least 4 members (excludes halogenated alkanes) is 20. The average Bonchev–Trinajstić information content (AvgIpc) is 2.95. The van der Waals surface area contributed by atoms with Gasteiger partial charge in [-0.2, -0.15) is 0 Å². The van der Waals surface area contributed by atoms with Gasteiger partial charge in [0.05, 0.1) is 6.42 Å². The monoisotopic (exact) mass is 626 g/mol. The van der Waals surface area contributed by atoms with Crippen molar-refractivity contribution in [3.8, 4) is 0 Å². The molecule has 8 heteroatoms. The Morgan fingerprint density at radius 2 is 0.932 bits per heavy atom. The summed E-state index contributed by atoms with van der Waals surface area (Å²) < 4.78 is 0. The van der Waals surface area contributed by atoms with Gasteiger partial charge in [-0.25, -0.2) is 4.79 Å². The van der Waals surface area contributed by atoms with Gasteiger partial charge in [0.1, 0.15) is 0 Å².